The maximum absolute atomic E-state index is 5.62. The lowest BCUT2D eigenvalue weighted by Gasteiger charge is -2.13. The van der Waals surface area contributed by atoms with Crippen LogP contribution in [0.15, 0.2) is 12.3 Å². The number of nitrogens with zero attached hydrogens (tertiary/aromatic N) is 3. The molecule has 0 amide bonds. The van der Waals surface area contributed by atoms with Crippen molar-refractivity contribution in [3.8, 4) is 0 Å². The predicted octanol–water partition coefficient (Wildman–Crippen LogP) is 1.24. The minimum atomic E-state index is 0.0935. The number of hydrogen-bond donors (Lipinski definition) is 2. The van der Waals surface area contributed by atoms with E-state index >= 15 is 0 Å². The molecule has 0 aliphatic heterocycles. The largest absolute Gasteiger partial charge is 0.272 e. The number of thiazole rings is 1. The number of rotatable bonds is 4. The van der Waals surface area contributed by atoms with Crippen LogP contribution in [0.5, 0.6) is 0 Å². The van der Waals surface area contributed by atoms with E-state index in [9.17, 15) is 0 Å². The van der Waals surface area contributed by atoms with Gasteiger partial charge in [0.15, 0.2) is 0 Å². The molecule has 92 valence electrons. The summed E-state index contributed by atoms with van der Waals surface area (Å²) in [7, 11) is 1.95. The molecule has 2 heterocycles. The Morgan fingerprint density at radius 2 is 2.29 bits per heavy atom. The van der Waals surface area contributed by atoms with Crippen LogP contribution in [0.3, 0.4) is 0 Å². The molecule has 0 fully saturated rings. The van der Waals surface area contributed by atoms with Crippen LogP contribution in [0.4, 0.5) is 0 Å². The maximum Gasteiger partial charge on any atom is 0.0897 e. The van der Waals surface area contributed by atoms with Crippen LogP contribution in [-0.4, -0.2) is 14.8 Å². The highest BCUT2D eigenvalue weighted by Crippen LogP contribution is 2.23. The first kappa shape index (κ1) is 12.2. The molecule has 0 aliphatic carbocycles. The van der Waals surface area contributed by atoms with E-state index < -0.39 is 0 Å². The van der Waals surface area contributed by atoms with Gasteiger partial charge in [0, 0.05) is 30.2 Å². The number of hydrazine groups is 1. The Morgan fingerprint density at radius 3 is 2.76 bits per heavy atom. The summed E-state index contributed by atoms with van der Waals surface area (Å²) in [5, 5.41) is 5.39. The van der Waals surface area contributed by atoms with Crippen LogP contribution < -0.4 is 11.3 Å². The fraction of sp³-hybridized carbons (Fsp3) is 0.455. The molecule has 1 atom stereocenters. The van der Waals surface area contributed by atoms with Gasteiger partial charge in [-0.25, -0.2) is 4.98 Å². The van der Waals surface area contributed by atoms with Crippen molar-refractivity contribution in [2.75, 3.05) is 0 Å². The minimum Gasteiger partial charge on any atom is -0.272 e. The van der Waals surface area contributed by atoms with Gasteiger partial charge in [0.05, 0.1) is 16.7 Å². The molecule has 1 unspecified atom stereocenters. The number of nitrogens with two attached hydrogens (primary N) is 1. The standard InChI is InChI=1S/C11H17N5S/c1-7-4-9(16(3)15-7)5-10(14-12)11-6-13-8(2)17-11/h4,6,10,14H,5,12H2,1-3H3. The highest BCUT2D eigenvalue weighted by atomic mass is 32.1. The van der Waals surface area contributed by atoms with E-state index in [2.05, 4.69) is 21.6 Å². The van der Waals surface area contributed by atoms with E-state index in [0.717, 1.165) is 27.7 Å². The molecule has 17 heavy (non-hydrogen) atoms. The van der Waals surface area contributed by atoms with Crippen LogP contribution in [0.25, 0.3) is 0 Å². The summed E-state index contributed by atoms with van der Waals surface area (Å²) in [5.41, 5.74) is 5.04. The van der Waals surface area contributed by atoms with E-state index in [1.807, 2.05) is 31.8 Å². The molecule has 3 N–H and O–H groups in total. The second-order valence-corrected chi connectivity index (χ2v) is 5.37. The van der Waals surface area contributed by atoms with Gasteiger partial charge in [0.1, 0.15) is 0 Å². The molecule has 6 heteroatoms. The summed E-state index contributed by atoms with van der Waals surface area (Å²) >= 11 is 1.67. The third-order valence-electron chi connectivity index (χ3n) is 2.70. The average Bonchev–Trinajstić information content (AvgIpc) is 2.82. The molecule has 0 radical (unpaired) electrons. The molecule has 0 saturated carbocycles. The van der Waals surface area contributed by atoms with E-state index in [0.29, 0.717) is 0 Å². The fourth-order valence-electron chi connectivity index (χ4n) is 1.84. The van der Waals surface area contributed by atoms with Gasteiger partial charge in [0.2, 0.25) is 0 Å². The number of aryl methyl sites for hydroxylation is 3. The maximum atomic E-state index is 5.62. The third-order valence-corrected chi connectivity index (χ3v) is 3.72. The summed E-state index contributed by atoms with van der Waals surface area (Å²) in [4.78, 5) is 5.41. The van der Waals surface area contributed by atoms with Crippen molar-refractivity contribution in [1.29, 1.82) is 0 Å². The second-order valence-electron chi connectivity index (χ2n) is 4.11. The quantitative estimate of drug-likeness (QED) is 0.633. The van der Waals surface area contributed by atoms with Crippen molar-refractivity contribution >= 4 is 11.3 Å². The monoisotopic (exact) mass is 251 g/mol. The van der Waals surface area contributed by atoms with Crippen LogP contribution in [0.2, 0.25) is 0 Å². The van der Waals surface area contributed by atoms with Gasteiger partial charge >= 0.3 is 0 Å². The topological polar surface area (TPSA) is 68.8 Å². The van der Waals surface area contributed by atoms with Gasteiger partial charge < -0.3 is 0 Å². The van der Waals surface area contributed by atoms with Gasteiger partial charge in [-0.05, 0) is 19.9 Å². The van der Waals surface area contributed by atoms with Crippen molar-refractivity contribution < 1.29 is 0 Å². The third kappa shape index (κ3) is 2.71. The van der Waals surface area contributed by atoms with Gasteiger partial charge in [-0.2, -0.15) is 5.10 Å². The van der Waals surface area contributed by atoms with Crippen LogP contribution in [0, 0.1) is 13.8 Å². The highest BCUT2D eigenvalue weighted by Gasteiger charge is 2.15. The number of hydrogen-bond acceptors (Lipinski definition) is 5. The molecule has 2 rings (SSSR count). The van der Waals surface area contributed by atoms with E-state index in [4.69, 9.17) is 5.84 Å². The average molecular weight is 251 g/mol. The molecule has 0 bridgehead atoms. The van der Waals surface area contributed by atoms with E-state index in [1.165, 1.54) is 0 Å². The fourth-order valence-corrected chi connectivity index (χ4v) is 2.69. The van der Waals surface area contributed by atoms with Crippen LogP contribution >= 0.6 is 11.3 Å². The SMILES string of the molecule is Cc1cc(CC(NN)c2cnc(C)s2)n(C)n1. The summed E-state index contributed by atoms with van der Waals surface area (Å²) < 4.78 is 1.90. The Kier molecular flexibility index (Phi) is 3.56. The van der Waals surface area contributed by atoms with Gasteiger partial charge in [-0.15, -0.1) is 11.3 Å². The van der Waals surface area contributed by atoms with E-state index in [1.54, 1.807) is 11.3 Å². The zero-order chi connectivity index (χ0) is 12.4. The summed E-state index contributed by atoms with van der Waals surface area (Å²) in [6, 6.07) is 2.18. The molecular weight excluding hydrogens is 234 g/mol. The van der Waals surface area contributed by atoms with Crippen molar-refractivity contribution in [1.82, 2.24) is 20.2 Å². The smallest absolute Gasteiger partial charge is 0.0897 e. The lowest BCUT2D eigenvalue weighted by atomic mass is 10.1. The van der Waals surface area contributed by atoms with Crippen molar-refractivity contribution in [3.05, 3.63) is 33.5 Å². The summed E-state index contributed by atoms with van der Waals surface area (Å²) in [6.07, 6.45) is 2.70. The Labute approximate surface area is 105 Å². The minimum absolute atomic E-state index is 0.0935. The summed E-state index contributed by atoms with van der Waals surface area (Å²) in [6.45, 7) is 3.99. The normalized spacial score (nSPS) is 12.9. The first-order valence-electron chi connectivity index (χ1n) is 5.48. The van der Waals surface area contributed by atoms with Crippen LogP contribution in [-0.2, 0) is 13.5 Å². The Hall–Kier alpha value is -1.24. The lowest BCUT2D eigenvalue weighted by molar-refractivity contribution is 0.536. The first-order chi connectivity index (χ1) is 8.10. The molecule has 0 aromatic carbocycles. The summed E-state index contributed by atoms with van der Waals surface area (Å²) in [5.74, 6) is 5.62. The van der Waals surface area contributed by atoms with Crippen molar-refractivity contribution in [3.63, 3.8) is 0 Å². The zero-order valence-electron chi connectivity index (χ0n) is 10.3. The Morgan fingerprint density at radius 1 is 1.53 bits per heavy atom. The van der Waals surface area contributed by atoms with Gasteiger partial charge in [-0.3, -0.25) is 16.0 Å². The molecular formula is C11H17N5S. The predicted molar refractivity (Wildman–Crippen MR) is 68.6 cm³/mol. The zero-order valence-corrected chi connectivity index (χ0v) is 11.1. The van der Waals surface area contributed by atoms with Crippen LogP contribution in [0.1, 0.15) is 27.3 Å². The Bertz CT molecular complexity index is 502. The molecule has 0 saturated heterocycles. The van der Waals surface area contributed by atoms with Crippen molar-refractivity contribution in [2.45, 2.75) is 26.3 Å². The Balaban J connectivity index is 2.18. The number of nitrogens with one attached hydrogen (secondary N) is 1. The first-order valence-corrected chi connectivity index (χ1v) is 6.29. The van der Waals surface area contributed by atoms with Gasteiger partial charge in [-0.1, -0.05) is 0 Å². The van der Waals surface area contributed by atoms with Gasteiger partial charge in [0.25, 0.3) is 0 Å². The molecule has 0 aliphatic rings. The molecule has 5 nitrogen and oxygen atoms in total. The molecule has 2 aromatic heterocycles. The van der Waals surface area contributed by atoms with E-state index in [-0.39, 0.29) is 6.04 Å². The molecule has 2 aromatic rings. The molecule has 0 spiro atoms. The van der Waals surface area contributed by atoms with Crippen molar-refractivity contribution in [2.24, 2.45) is 12.9 Å². The lowest BCUT2D eigenvalue weighted by Crippen LogP contribution is -2.29. The highest BCUT2D eigenvalue weighted by molar-refractivity contribution is 7.11. The second kappa shape index (κ2) is 4.95. The number of aromatic nitrogens is 3.